The fourth-order valence-corrected chi connectivity index (χ4v) is 2.11. The summed E-state index contributed by atoms with van der Waals surface area (Å²) in [5, 5.41) is 6.52. The number of likely N-dealkylation sites (N-methyl/N-ethyl adjacent to an activating group) is 1. The molecule has 0 radical (unpaired) electrons. The van der Waals surface area contributed by atoms with E-state index in [2.05, 4.69) is 53.2 Å². The molecule has 0 saturated carbocycles. The lowest BCUT2D eigenvalue weighted by Gasteiger charge is -2.35. The first kappa shape index (κ1) is 15.2. The van der Waals surface area contributed by atoms with Gasteiger partial charge in [-0.15, -0.1) is 0 Å². The minimum absolute atomic E-state index is 0.519. The molecule has 0 spiro atoms. The quantitative estimate of drug-likeness (QED) is 0.544. The van der Waals surface area contributed by atoms with E-state index in [1.54, 1.807) is 0 Å². The monoisotopic (exact) mass is 255 g/mol. The van der Waals surface area contributed by atoms with Crippen molar-refractivity contribution >= 4 is 5.96 Å². The number of hydrogen-bond acceptors (Lipinski definition) is 3. The van der Waals surface area contributed by atoms with Gasteiger partial charge in [-0.05, 0) is 27.8 Å². The Balaban J connectivity index is 2.37. The van der Waals surface area contributed by atoms with Crippen molar-refractivity contribution < 1.29 is 0 Å². The van der Waals surface area contributed by atoms with Crippen LogP contribution < -0.4 is 10.6 Å². The van der Waals surface area contributed by atoms with Crippen LogP contribution in [0.25, 0.3) is 0 Å². The molecule has 0 aromatic rings. The lowest BCUT2D eigenvalue weighted by molar-refractivity contribution is 0.122. The highest BCUT2D eigenvalue weighted by Gasteiger charge is 2.18. The van der Waals surface area contributed by atoms with Crippen molar-refractivity contribution in [2.75, 3.05) is 52.9 Å². The Morgan fingerprint density at radius 2 is 1.67 bits per heavy atom. The maximum absolute atomic E-state index is 4.64. The minimum atomic E-state index is 0.519. The zero-order valence-corrected chi connectivity index (χ0v) is 12.4. The van der Waals surface area contributed by atoms with Crippen molar-refractivity contribution in [3.05, 3.63) is 0 Å². The van der Waals surface area contributed by atoms with Gasteiger partial charge in [0, 0.05) is 45.3 Å². The van der Waals surface area contributed by atoms with Gasteiger partial charge in [-0.1, -0.05) is 0 Å². The summed E-state index contributed by atoms with van der Waals surface area (Å²) in [6.07, 6.45) is 0. The first-order valence-electron chi connectivity index (χ1n) is 7.12. The molecule has 1 rings (SSSR count). The van der Waals surface area contributed by atoms with Gasteiger partial charge in [0.15, 0.2) is 5.96 Å². The second kappa shape index (κ2) is 8.32. The molecular formula is C13H29N5. The van der Waals surface area contributed by atoms with E-state index >= 15 is 0 Å². The highest BCUT2D eigenvalue weighted by molar-refractivity contribution is 5.79. The Bertz CT molecular complexity index is 238. The fraction of sp³-hybridized carbons (Fsp3) is 0.923. The predicted molar refractivity (Wildman–Crippen MR) is 78.2 cm³/mol. The molecule has 5 heteroatoms. The van der Waals surface area contributed by atoms with E-state index in [-0.39, 0.29) is 0 Å². The first-order valence-corrected chi connectivity index (χ1v) is 7.12. The van der Waals surface area contributed by atoms with Gasteiger partial charge in [0.25, 0.3) is 0 Å². The number of guanidine groups is 1. The van der Waals surface area contributed by atoms with Crippen LogP contribution in [-0.2, 0) is 0 Å². The largest absolute Gasteiger partial charge is 0.357 e. The Hall–Kier alpha value is -0.810. The van der Waals surface area contributed by atoms with Gasteiger partial charge in [-0.25, -0.2) is 0 Å². The number of aliphatic imine (C=N–C) groups is 1. The zero-order chi connectivity index (χ0) is 13.4. The van der Waals surface area contributed by atoms with Crippen LogP contribution in [0.4, 0.5) is 0 Å². The van der Waals surface area contributed by atoms with Crippen LogP contribution in [0.1, 0.15) is 20.8 Å². The molecule has 2 N–H and O–H groups in total. The topological polar surface area (TPSA) is 42.9 Å². The van der Waals surface area contributed by atoms with Crippen molar-refractivity contribution in [2.24, 2.45) is 4.99 Å². The molecule has 0 aromatic heterocycles. The van der Waals surface area contributed by atoms with E-state index in [1.807, 2.05) is 0 Å². The highest BCUT2D eigenvalue weighted by atomic mass is 15.3. The van der Waals surface area contributed by atoms with E-state index in [9.17, 15) is 0 Å². The summed E-state index contributed by atoms with van der Waals surface area (Å²) in [6.45, 7) is 13.8. The molecule has 1 fully saturated rings. The summed E-state index contributed by atoms with van der Waals surface area (Å²) in [6, 6.07) is 0.519. The van der Waals surface area contributed by atoms with Crippen LogP contribution in [0.2, 0.25) is 0 Å². The van der Waals surface area contributed by atoms with E-state index < -0.39 is 0 Å². The van der Waals surface area contributed by atoms with Crippen LogP contribution in [0.5, 0.6) is 0 Å². The molecule has 18 heavy (non-hydrogen) atoms. The molecule has 5 nitrogen and oxygen atoms in total. The summed E-state index contributed by atoms with van der Waals surface area (Å²) < 4.78 is 0. The zero-order valence-electron chi connectivity index (χ0n) is 12.4. The van der Waals surface area contributed by atoms with E-state index in [0.29, 0.717) is 6.04 Å². The highest BCUT2D eigenvalue weighted by Crippen LogP contribution is 2.05. The van der Waals surface area contributed by atoms with E-state index in [0.717, 1.165) is 38.7 Å². The molecule has 0 aromatic carbocycles. The fourth-order valence-electron chi connectivity index (χ4n) is 2.11. The molecule has 1 saturated heterocycles. The van der Waals surface area contributed by atoms with Crippen molar-refractivity contribution in [3.63, 3.8) is 0 Å². The van der Waals surface area contributed by atoms with Gasteiger partial charge < -0.3 is 15.5 Å². The third-order valence-electron chi connectivity index (χ3n) is 3.36. The average Bonchev–Trinajstić information content (AvgIpc) is 2.37. The van der Waals surface area contributed by atoms with Crippen LogP contribution >= 0.6 is 0 Å². The predicted octanol–water partition coefficient (Wildman–Crippen LogP) is 0.197. The smallest absolute Gasteiger partial charge is 0.191 e. The second-order valence-corrected chi connectivity index (χ2v) is 4.94. The number of hydrogen-bond donors (Lipinski definition) is 2. The second-order valence-electron chi connectivity index (χ2n) is 4.94. The third-order valence-corrected chi connectivity index (χ3v) is 3.36. The number of nitrogens with zero attached hydrogens (tertiary/aromatic N) is 3. The van der Waals surface area contributed by atoms with Gasteiger partial charge in [0.05, 0.1) is 6.54 Å². The van der Waals surface area contributed by atoms with Crippen LogP contribution in [-0.4, -0.2) is 74.7 Å². The van der Waals surface area contributed by atoms with Crippen molar-refractivity contribution in [1.29, 1.82) is 0 Å². The van der Waals surface area contributed by atoms with Crippen LogP contribution in [0.3, 0.4) is 0 Å². The van der Waals surface area contributed by atoms with Crippen molar-refractivity contribution in [3.8, 4) is 0 Å². The van der Waals surface area contributed by atoms with Crippen molar-refractivity contribution in [2.45, 2.75) is 26.8 Å². The Labute approximate surface area is 112 Å². The minimum Gasteiger partial charge on any atom is -0.357 e. The molecule has 1 heterocycles. The lowest BCUT2D eigenvalue weighted by Crippen LogP contribution is -2.49. The molecule has 106 valence electrons. The SMILES string of the molecule is CCNC(=NCC(C)N1CCN(C)CC1)NCC. The summed E-state index contributed by atoms with van der Waals surface area (Å²) in [5.41, 5.74) is 0. The van der Waals surface area contributed by atoms with Gasteiger partial charge in [0.1, 0.15) is 0 Å². The Kier molecular flexibility index (Phi) is 7.05. The third kappa shape index (κ3) is 5.23. The van der Waals surface area contributed by atoms with Gasteiger partial charge in [0.2, 0.25) is 0 Å². The average molecular weight is 255 g/mol. The standard InChI is InChI=1S/C13H29N5/c1-5-14-13(15-6-2)16-11-12(3)18-9-7-17(4)8-10-18/h12H,5-11H2,1-4H3,(H2,14,15,16). The van der Waals surface area contributed by atoms with Gasteiger partial charge in [-0.2, -0.15) is 0 Å². The summed E-state index contributed by atoms with van der Waals surface area (Å²) in [4.78, 5) is 9.55. The maximum atomic E-state index is 4.64. The Morgan fingerprint density at radius 1 is 1.11 bits per heavy atom. The van der Waals surface area contributed by atoms with Crippen LogP contribution in [0.15, 0.2) is 4.99 Å². The summed E-state index contributed by atoms with van der Waals surface area (Å²) >= 11 is 0. The van der Waals surface area contributed by atoms with Gasteiger partial charge in [-0.3, -0.25) is 9.89 Å². The van der Waals surface area contributed by atoms with E-state index in [4.69, 9.17) is 0 Å². The lowest BCUT2D eigenvalue weighted by atomic mass is 10.2. The summed E-state index contributed by atoms with van der Waals surface area (Å²) in [7, 11) is 2.19. The molecule has 1 aliphatic rings. The first-order chi connectivity index (χ1) is 8.67. The van der Waals surface area contributed by atoms with Crippen molar-refractivity contribution in [1.82, 2.24) is 20.4 Å². The van der Waals surface area contributed by atoms with Gasteiger partial charge >= 0.3 is 0 Å². The molecular weight excluding hydrogens is 226 g/mol. The number of piperazine rings is 1. The molecule has 0 aliphatic carbocycles. The molecule has 0 amide bonds. The molecule has 1 aliphatic heterocycles. The molecule has 0 bridgehead atoms. The molecule has 1 atom stereocenters. The Morgan fingerprint density at radius 3 is 2.17 bits per heavy atom. The maximum Gasteiger partial charge on any atom is 0.191 e. The van der Waals surface area contributed by atoms with E-state index in [1.165, 1.54) is 13.1 Å². The number of rotatable bonds is 5. The van der Waals surface area contributed by atoms with Crippen LogP contribution in [0, 0.1) is 0 Å². The summed E-state index contributed by atoms with van der Waals surface area (Å²) in [5.74, 6) is 0.931. The normalized spacial score (nSPS) is 19.3. The molecule has 1 unspecified atom stereocenters. The number of nitrogens with one attached hydrogen (secondary N) is 2.